The van der Waals surface area contributed by atoms with Crippen LogP contribution in [0.1, 0.15) is 18.4 Å². The molecule has 1 aromatic rings. The van der Waals surface area contributed by atoms with Gasteiger partial charge in [0.15, 0.2) is 5.79 Å². The second-order valence-corrected chi connectivity index (χ2v) is 4.61. The summed E-state index contributed by atoms with van der Waals surface area (Å²) in [7, 11) is 3.46. The van der Waals surface area contributed by atoms with Gasteiger partial charge in [-0.1, -0.05) is 30.3 Å². The Kier molecular flexibility index (Phi) is 4.15. The van der Waals surface area contributed by atoms with E-state index in [0.717, 1.165) is 25.8 Å². The van der Waals surface area contributed by atoms with Crippen molar-refractivity contribution < 1.29 is 9.47 Å². The van der Waals surface area contributed by atoms with Gasteiger partial charge in [-0.05, 0) is 12.0 Å². The zero-order valence-electron chi connectivity index (χ0n) is 10.6. The SMILES string of the molecule is COC1(OC)CCNC(Cc2ccccc2)C1. The van der Waals surface area contributed by atoms with Crippen molar-refractivity contribution in [3.8, 4) is 0 Å². The Morgan fingerprint density at radius 2 is 1.94 bits per heavy atom. The molecule has 0 bridgehead atoms. The lowest BCUT2D eigenvalue weighted by atomic mass is 9.93. The molecule has 1 aliphatic rings. The molecule has 1 fully saturated rings. The van der Waals surface area contributed by atoms with Crippen LogP contribution in [-0.2, 0) is 15.9 Å². The van der Waals surface area contributed by atoms with Gasteiger partial charge in [-0.25, -0.2) is 0 Å². The third-order valence-electron chi connectivity index (χ3n) is 3.57. The largest absolute Gasteiger partial charge is 0.353 e. The van der Waals surface area contributed by atoms with Crippen LogP contribution in [-0.4, -0.2) is 32.6 Å². The second-order valence-electron chi connectivity index (χ2n) is 4.61. The molecule has 0 aromatic heterocycles. The Labute approximate surface area is 103 Å². The first kappa shape index (κ1) is 12.6. The predicted octanol–water partition coefficient (Wildman–Crippen LogP) is 1.97. The van der Waals surface area contributed by atoms with Crippen molar-refractivity contribution in [2.24, 2.45) is 0 Å². The first-order valence-corrected chi connectivity index (χ1v) is 6.15. The van der Waals surface area contributed by atoms with Crippen LogP contribution >= 0.6 is 0 Å². The van der Waals surface area contributed by atoms with Gasteiger partial charge in [-0.3, -0.25) is 0 Å². The van der Waals surface area contributed by atoms with E-state index in [4.69, 9.17) is 9.47 Å². The Morgan fingerprint density at radius 1 is 1.24 bits per heavy atom. The normalized spacial score (nSPS) is 23.5. The van der Waals surface area contributed by atoms with Crippen LogP contribution < -0.4 is 5.32 Å². The minimum atomic E-state index is -0.398. The second kappa shape index (κ2) is 5.63. The van der Waals surface area contributed by atoms with Crippen molar-refractivity contribution in [3.63, 3.8) is 0 Å². The van der Waals surface area contributed by atoms with Crippen molar-refractivity contribution in [2.75, 3.05) is 20.8 Å². The molecule has 3 heteroatoms. The van der Waals surface area contributed by atoms with Crippen LogP contribution in [0.2, 0.25) is 0 Å². The zero-order chi connectivity index (χ0) is 12.1. The van der Waals surface area contributed by atoms with Gasteiger partial charge in [0.2, 0.25) is 0 Å². The van der Waals surface area contributed by atoms with E-state index < -0.39 is 5.79 Å². The molecule has 17 heavy (non-hydrogen) atoms. The first-order valence-electron chi connectivity index (χ1n) is 6.15. The summed E-state index contributed by atoms with van der Waals surface area (Å²) >= 11 is 0. The Balaban J connectivity index is 1.98. The number of nitrogens with one attached hydrogen (secondary N) is 1. The standard InChI is InChI=1S/C14H21NO2/c1-16-14(17-2)8-9-15-13(11-14)10-12-6-4-3-5-7-12/h3-7,13,15H,8-11H2,1-2H3. The van der Waals surface area contributed by atoms with Crippen LogP contribution in [0.4, 0.5) is 0 Å². The topological polar surface area (TPSA) is 30.5 Å². The van der Waals surface area contributed by atoms with Gasteiger partial charge < -0.3 is 14.8 Å². The summed E-state index contributed by atoms with van der Waals surface area (Å²) in [5.74, 6) is -0.398. The van der Waals surface area contributed by atoms with Crippen molar-refractivity contribution in [3.05, 3.63) is 35.9 Å². The summed E-state index contributed by atoms with van der Waals surface area (Å²) in [5.41, 5.74) is 1.35. The van der Waals surface area contributed by atoms with E-state index in [1.165, 1.54) is 5.56 Å². The van der Waals surface area contributed by atoms with Crippen LogP contribution in [0.15, 0.2) is 30.3 Å². The fourth-order valence-electron chi connectivity index (χ4n) is 2.51. The molecule has 0 amide bonds. The highest BCUT2D eigenvalue weighted by Crippen LogP contribution is 2.27. The smallest absolute Gasteiger partial charge is 0.170 e. The number of hydrogen-bond donors (Lipinski definition) is 1. The average molecular weight is 235 g/mol. The maximum atomic E-state index is 5.53. The number of rotatable bonds is 4. The summed E-state index contributed by atoms with van der Waals surface area (Å²) in [6.07, 6.45) is 2.83. The first-order chi connectivity index (χ1) is 8.28. The molecule has 1 unspecified atom stereocenters. The van der Waals surface area contributed by atoms with Gasteiger partial charge in [0.1, 0.15) is 0 Å². The van der Waals surface area contributed by atoms with E-state index in [2.05, 4.69) is 29.6 Å². The van der Waals surface area contributed by atoms with Crippen LogP contribution in [0.25, 0.3) is 0 Å². The number of piperidine rings is 1. The number of benzene rings is 1. The van der Waals surface area contributed by atoms with Crippen molar-refractivity contribution in [1.29, 1.82) is 0 Å². The third-order valence-corrected chi connectivity index (χ3v) is 3.57. The molecule has 1 saturated heterocycles. The molecule has 94 valence electrons. The molecule has 1 atom stereocenters. The Bertz CT molecular complexity index is 335. The molecule has 0 spiro atoms. The van der Waals surface area contributed by atoms with E-state index in [9.17, 15) is 0 Å². The predicted molar refractivity (Wildman–Crippen MR) is 67.9 cm³/mol. The highest BCUT2D eigenvalue weighted by Gasteiger charge is 2.36. The third kappa shape index (κ3) is 3.06. The minimum Gasteiger partial charge on any atom is -0.353 e. The highest BCUT2D eigenvalue weighted by molar-refractivity contribution is 5.16. The molecule has 1 aromatic carbocycles. The van der Waals surface area contributed by atoms with Crippen molar-refractivity contribution >= 4 is 0 Å². The minimum absolute atomic E-state index is 0.398. The van der Waals surface area contributed by atoms with Crippen molar-refractivity contribution in [1.82, 2.24) is 5.32 Å². The number of methoxy groups -OCH3 is 2. The van der Waals surface area contributed by atoms with E-state index in [1.54, 1.807) is 14.2 Å². The maximum absolute atomic E-state index is 5.53. The zero-order valence-corrected chi connectivity index (χ0v) is 10.6. The summed E-state index contributed by atoms with van der Waals surface area (Å²) in [4.78, 5) is 0. The quantitative estimate of drug-likeness (QED) is 0.809. The summed E-state index contributed by atoms with van der Waals surface area (Å²) < 4.78 is 11.1. The number of ether oxygens (including phenoxy) is 2. The van der Waals surface area contributed by atoms with E-state index in [0.29, 0.717) is 6.04 Å². The van der Waals surface area contributed by atoms with Gasteiger partial charge in [-0.15, -0.1) is 0 Å². The molecule has 1 N–H and O–H groups in total. The van der Waals surface area contributed by atoms with E-state index in [1.807, 2.05) is 6.07 Å². The number of hydrogen-bond acceptors (Lipinski definition) is 3. The highest BCUT2D eigenvalue weighted by atomic mass is 16.7. The van der Waals surface area contributed by atoms with Gasteiger partial charge in [0.05, 0.1) is 0 Å². The molecule has 1 heterocycles. The van der Waals surface area contributed by atoms with Gasteiger partial charge in [0, 0.05) is 39.6 Å². The van der Waals surface area contributed by atoms with E-state index >= 15 is 0 Å². The summed E-state index contributed by atoms with van der Waals surface area (Å²) in [6, 6.07) is 11.0. The Morgan fingerprint density at radius 3 is 2.59 bits per heavy atom. The van der Waals surface area contributed by atoms with E-state index in [-0.39, 0.29) is 0 Å². The van der Waals surface area contributed by atoms with Crippen LogP contribution in [0.3, 0.4) is 0 Å². The monoisotopic (exact) mass is 235 g/mol. The molecule has 0 saturated carbocycles. The molecule has 2 rings (SSSR count). The Hall–Kier alpha value is -0.900. The fourth-order valence-corrected chi connectivity index (χ4v) is 2.51. The lowest BCUT2D eigenvalue weighted by Gasteiger charge is -2.39. The van der Waals surface area contributed by atoms with Gasteiger partial charge in [0.25, 0.3) is 0 Å². The lowest BCUT2D eigenvalue weighted by Crippen LogP contribution is -2.50. The molecule has 3 nitrogen and oxygen atoms in total. The molecular weight excluding hydrogens is 214 g/mol. The fraction of sp³-hybridized carbons (Fsp3) is 0.571. The summed E-state index contributed by atoms with van der Waals surface area (Å²) in [5, 5.41) is 3.53. The van der Waals surface area contributed by atoms with Crippen molar-refractivity contribution in [2.45, 2.75) is 31.1 Å². The average Bonchev–Trinajstić information content (AvgIpc) is 2.40. The molecule has 1 aliphatic heterocycles. The molecular formula is C14H21NO2. The van der Waals surface area contributed by atoms with Crippen LogP contribution in [0, 0.1) is 0 Å². The molecule has 0 radical (unpaired) electrons. The maximum Gasteiger partial charge on any atom is 0.170 e. The van der Waals surface area contributed by atoms with Gasteiger partial charge >= 0.3 is 0 Å². The van der Waals surface area contributed by atoms with Gasteiger partial charge in [-0.2, -0.15) is 0 Å². The molecule has 0 aliphatic carbocycles. The lowest BCUT2D eigenvalue weighted by molar-refractivity contribution is -0.225. The summed E-state index contributed by atoms with van der Waals surface area (Å²) in [6.45, 7) is 0.944. The van der Waals surface area contributed by atoms with Crippen LogP contribution in [0.5, 0.6) is 0 Å².